The van der Waals surface area contributed by atoms with Gasteiger partial charge in [-0.05, 0) is 44.5 Å². The maximum absolute atomic E-state index is 6.00. The summed E-state index contributed by atoms with van der Waals surface area (Å²) in [6, 6.07) is 11.3. The number of hydrogen-bond donors (Lipinski definition) is 1. The molecule has 1 N–H and O–H groups in total. The Kier molecular flexibility index (Phi) is 3.39. The van der Waals surface area contributed by atoms with E-state index < -0.39 is 0 Å². The van der Waals surface area contributed by atoms with Gasteiger partial charge in [-0.3, -0.25) is 0 Å². The van der Waals surface area contributed by atoms with Crippen LogP contribution < -0.4 is 5.32 Å². The second kappa shape index (κ2) is 4.77. The summed E-state index contributed by atoms with van der Waals surface area (Å²) < 4.78 is 6.00. The minimum atomic E-state index is -0.0604. The van der Waals surface area contributed by atoms with Crippen molar-refractivity contribution in [1.82, 2.24) is 5.32 Å². The zero-order chi connectivity index (χ0) is 10.6. The maximum Gasteiger partial charge on any atom is 0.0955 e. The van der Waals surface area contributed by atoms with Crippen molar-refractivity contribution < 1.29 is 4.74 Å². The van der Waals surface area contributed by atoms with E-state index in [1.807, 2.05) is 12.1 Å². The Morgan fingerprint density at radius 1 is 1.33 bits per heavy atom. The third kappa shape index (κ3) is 2.21. The van der Waals surface area contributed by atoms with E-state index in [4.69, 9.17) is 4.74 Å². The Labute approximate surface area is 91.6 Å². The van der Waals surface area contributed by atoms with Crippen molar-refractivity contribution in [3.63, 3.8) is 0 Å². The van der Waals surface area contributed by atoms with Gasteiger partial charge in [0.25, 0.3) is 0 Å². The quantitative estimate of drug-likeness (QED) is 0.814. The van der Waals surface area contributed by atoms with E-state index in [1.165, 1.54) is 5.56 Å². The molecule has 1 saturated heterocycles. The molecule has 0 unspecified atom stereocenters. The van der Waals surface area contributed by atoms with E-state index in [-0.39, 0.29) is 5.60 Å². The number of ether oxygens (including phenoxy) is 1. The van der Waals surface area contributed by atoms with Gasteiger partial charge in [-0.15, -0.1) is 0 Å². The van der Waals surface area contributed by atoms with Crippen molar-refractivity contribution in [2.45, 2.75) is 25.4 Å². The molecule has 1 aromatic rings. The second-order valence-corrected chi connectivity index (χ2v) is 3.97. The molecule has 0 amide bonds. The van der Waals surface area contributed by atoms with Crippen molar-refractivity contribution in [2.75, 3.05) is 19.7 Å². The molecule has 2 heteroatoms. The zero-order valence-electron chi connectivity index (χ0n) is 9.25. The smallest absolute Gasteiger partial charge is 0.0955 e. The maximum atomic E-state index is 6.00. The summed E-state index contributed by atoms with van der Waals surface area (Å²) >= 11 is 0. The predicted octanol–water partition coefficient (Wildman–Crippen LogP) is 2.10. The number of nitrogens with one attached hydrogen (secondary N) is 1. The van der Waals surface area contributed by atoms with Gasteiger partial charge < -0.3 is 10.1 Å². The van der Waals surface area contributed by atoms with Crippen molar-refractivity contribution in [1.29, 1.82) is 0 Å². The van der Waals surface area contributed by atoms with Crippen LogP contribution in [0.2, 0.25) is 0 Å². The minimum absolute atomic E-state index is 0.0604. The van der Waals surface area contributed by atoms with Crippen molar-refractivity contribution >= 4 is 0 Å². The molecule has 1 aromatic carbocycles. The Hall–Kier alpha value is -0.860. The van der Waals surface area contributed by atoms with Gasteiger partial charge in [0.15, 0.2) is 0 Å². The van der Waals surface area contributed by atoms with Crippen LogP contribution in [0.25, 0.3) is 0 Å². The van der Waals surface area contributed by atoms with Gasteiger partial charge in [-0.1, -0.05) is 24.3 Å². The standard InChI is InChI=1S/C13H18NO/c1-2-15-13(8-10-14-11-9-13)12-6-4-3-5-7-12/h4-7,14H,2,8-11H2,1H3. The lowest BCUT2D eigenvalue weighted by molar-refractivity contribution is -0.0655. The molecule has 1 radical (unpaired) electrons. The summed E-state index contributed by atoms with van der Waals surface area (Å²) in [4.78, 5) is 0. The molecular weight excluding hydrogens is 186 g/mol. The van der Waals surface area contributed by atoms with Crippen LogP contribution in [0.1, 0.15) is 25.3 Å². The number of hydrogen-bond acceptors (Lipinski definition) is 2. The highest BCUT2D eigenvalue weighted by Crippen LogP contribution is 2.34. The highest BCUT2D eigenvalue weighted by molar-refractivity contribution is 5.23. The first-order valence-corrected chi connectivity index (χ1v) is 5.69. The van der Waals surface area contributed by atoms with Gasteiger partial charge in [-0.25, -0.2) is 0 Å². The van der Waals surface area contributed by atoms with Gasteiger partial charge in [-0.2, -0.15) is 0 Å². The molecule has 0 aromatic heterocycles. The molecule has 1 fully saturated rings. The van der Waals surface area contributed by atoms with Crippen LogP contribution >= 0.6 is 0 Å². The van der Waals surface area contributed by atoms with Crippen molar-refractivity contribution in [2.24, 2.45) is 0 Å². The molecular formula is C13H18NO. The summed E-state index contributed by atoms with van der Waals surface area (Å²) in [6.07, 6.45) is 2.12. The molecule has 2 rings (SSSR count). The van der Waals surface area contributed by atoms with Gasteiger partial charge in [0.05, 0.1) is 5.60 Å². The lowest BCUT2D eigenvalue weighted by Gasteiger charge is -2.37. The summed E-state index contributed by atoms with van der Waals surface area (Å²) in [5.74, 6) is 0. The molecule has 2 nitrogen and oxygen atoms in total. The molecule has 0 aliphatic carbocycles. The highest BCUT2D eigenvalue weighted by Gasteiger charge is 2.34. The van der Waals surface area contributed by atoms with Crippen LogP contribution in [-0.2, 0) is 10.3 Å². The summed E-state index contributed by atoms with van der Waals surface area (Å²) in [7, 11) is 0. The Balaban J connectivity index is 2.25. The molecule has 81 valence electrons. The van der Waals surface area contributed by atoms with Crippen LogP contribution in [0.5, 0.6) is 0 Å². The zero-order valence-corrected chi connectivity index (χ0v) is 9.25. The van der Waals surface area contributed by atoms with Gasteiger partial charge in [0.2, 0.25) is 0 Å². The van der Waals surface area contributed by atoms with Crippen molar-refractivity contribution in [3.05, 3.63) is 35.9 Å². The first kappa shape index (κ1) is 10.7. The number of piperidine rings is 1. The average Bonchev–Trinajstić information content (AvgIpc) is 2.32. The van der Waals surface area contributed by atoms with E-state index in [9.17, 15) is 0 Å². The van der Waals surface area contributed by atoms with E-state index in [0.29, 0.717) is 0 Å². The molecule has 0 atom stereocenters. The van der Waals surface area contributed by atoms with Crippen molar-refractivity contribution in [3.8, 4) is 0 Å². The summed E-state index contributed by atoms with van der Waals surface area (Å²) in [5.41, 5.74) is 1.24. The molecule has 0 spiro atoms. The second-order valence-electron chi connectivity index (χ2n) is 3.97. The van der Waals surface area contributed by atoms with Crippen LogP contribution in [0.15, 0.2) is 24.3 Å². The Morgan fingerprint density at radius 3 is 2.60 bits per heavy atom. The predicted molar refractivity (Wildman–Crippen MR) is 60.7 cm³/mol. The fourth-order valence-corrected chi connectivity index (χ4v) is 2.31. The first-order chi connectivity index (χ1) is 7.37. The largest absolute Gasteiger partial charge is 0.370 e. The molecule has 1 heterocycles. The van der Waals surface area contributed by atoms with Crippen LogP contribution in [0, 0.1) is 6.07 Å². The van der Waals surface area contributed by atoms with Gasteiger partial charge >= 0.3 is 0 Å². The normalized spacial score (nSPS) is 20.1. The minimum Gasteiger partial charge on any atom is -0.370 e. The summed E-state index contributed by atoms with van der Waals surface area (Å²) in [5, 5.41) is 3.38. The molecule has 0 saturated carbocycles. The lowest BCUT2D eigenvalue weighted by atomic mass is 9.85. The van der Waals surface area contributed by atoms with E-state index in [1.54, 1.807) is 0 Å². The number of benzene rings is 1. The third-order valence-electron chi connectivity index (χ3n) is 3.08. The van der Waals surface area contributed by atoms with Crippen LogP contribution in [0.3, 0.4) is 0 Å². The fraction of sp³-hybridized carbons (Fsp3) is 0.538. The molecule has 0 bridgehead atoms. The highest BCUT2D eigenvalue weighted by atomic mass is 16.5. The monoisotopic (exact) mass is 204 g/mol. The Bertz CT molecular complexity index is 285. The van der Waals surface area contributed by atoms with Gasteiger partial charge in [0, 0.05) is 6.61 Å². The SMILES string of the molecule is CCOC1(c2cc[c]cc2)CCNCC1. The Morgan fingerprint density at radius 2 is 2.00 bits per heavy atom. The fourth-order valence-electron chi connectivity index (χ4n) is 2.31. The third-order valence-corrected chi connectivity index (χ3v) is 3.08. The number of rotatable bonds is 3. The van der Waals surface area contributed by atoms with E-state index in [0.717, 1.165) is 32.5 Å². The van der Waals surface area contributed by atoms with Gasteiger partial charge in [0.1, 0.15) is 0 Å². The molecule has 15 heavy (non-hydrogen) atoms. The molecule has 1 aliphatic rings. The lowest BCUT2D eigenvalue weighted by Crippen LogP contribution is -2.41. The first-order valence-electron chi connectivity index (χ1n) is 5.69. The van der Waals surface area contributed by atoms with E-state index in [2.05, 4.69) is 30.4 Å². The topological polar surface area (TPSA) is 21.3 Å². The van der Waals surface area contributed by atoms with Crippen LogP contribution in [-0.4, -0.2) is 19.7 Å². The average molecular weight is 204 g/mol. The molecule has 1 aliphatic heterocycles. The van der Waals surface area contributed by atoms with Crippen LogP contribution in [0.4, 0.5) is 0 Å². The summed E-state index contributed by atoms with van der Waals surface area (Å²) in [6.45, 7) is 4.93. The van der Waals surface area contributed by atoms with E-state index >= 15 is 0 Å².